The second-order valence-electron chi connectivity index (χ2n) is 9.13. The lowest BCUT2D eigenvalue weighted by Crippen LogP contribution is -2.59. The Hall–Kier alpha value is -2.32. The summed E-state index contributed by atoms with van der Waals surface area (Å²) in [5.41, 5.74) is 3.93. The second-order valence-corrected chi connectivity index (χ2v) is 9.97. The van der Waals surface area contributed by atoms with Crippen LogP contribution in [0.15, 0.2) is 42.7 Å². The van der Waals surface area contributed by atoms with Gasteiger partial charge in [-0.05, 0) is 62.2 Å². The zero-order valence-corrected chi connectivity index (χ0v) is 20.6. The van der Waals surface area contributed by atoms with E-state index in [2.05, 4.69) is 38.8 Å². The molecular formula is C25H29Cl2N5O2. The maximum absolute atomic E-state index is 13.0. The van der Waals surface area contributed by atoms with Crippen molar-refractivity contribution in [1.29, 1.82) is 0 Å². The molecule has 2 unspecified atom stereocenters. The predicted octanol–water partition coefficient (Wildman–Crippen LogP) is 3.71. The Bertz CT molecular complexity index is 1190. The van der Waals surface area contributed by atoms with Crippen LogP contribution in [-0.4, -0.2) is 70.3 Å². The van der Waals surface area contributed by atoms with Gasteiger partial charge in [0.15, 0.2) is 0 Å². The normalized spacial score (nSPS) is 21.9. The van der Waals surface area contributed by atoms with E-state index in [1.54, 1.807) is 6.07 Å². The van der Waals surface area contributed by atoms with Gasteiger partial charge in [-0.15, -0.1) is 0 Å². The largest absolute Gasteiger partial charge is 0.394 e. The lowest BCUT2D eigenvalue weighted by molar-refractivity contribution is -0.136. The summed E-state index contributed by atoms with van der Waals surface area (Å²) in [6, 6.07) is 11.4. The Morgan fingerprint density at radius 2 is 2.09 bits per heavy atom. The van der Waals surface area contributed by atoms with Crippen LogP contribution in [0.25, 0.3) is 11.0 Å². The lowest BCUT2D eigenvalue weighted by Gasteiger charge is -2.42. The van der Waals surface area contributed by atoms with Crippen molar-refractivity contribution in [3.8, 4) is 0 Å². The maximum Gasteiger partial charge on any atom is 0.240 e. The molecule has 0 radical (unpaired) electrons. The zero-order chi connectivity index (χ0) is 23.8. The monoisotopic (exact) mass is 501 g/mol. The Labute approximate surface area is 209 Å². The number of aromatic nitrogens is 2. The highest BCUT2D eigenvalue weighted by atomic mass is 35.5. The third-order valence-corrected chi connectivity index (χ3v) is 7.65. The van der Waals surface area contributed by atoms with Crippen molar-refractivity contribution in [1.82, 2.24) is 19.8 Å². The van der Waals surface area contributed by atoms with E-state index in [9.17, 15) is 9.90 Å². The molecule has 3 atom stereocenters. The number of imidazole rings is 1. The molecule has 180 valence electrons. The van der Waals surface area contributed by atoms with Gasteiger partial charge < -0.3 is 24.8 Å². The highest BCUT2D eigenvalue weighted by molar-refractivity contribution is 6.35. The van der Waals surface area contributed by atoms with Gasteiger partial charge in [-0.2, -0.15) is 0 Å². The van der Waals surface area contributed by atoms with Crippen LogP contribution < -0.4 is 10.2 Å². The number of carbonyl (C=O) groups excluding carboxylic acids is 1. The molecule has 1 amide bonds. The highest BCUT2D eigenvalue weighted by Gasteiger charge is 2.35. The first-order valence-electron chi connectivity index (χ1n) is 11.8. The molecule has 34 heavy (non-hydrogen) atoms. The number of piperazine rings is 1. The average molecular weight is 502 g/mol. The molecule has 2 aromatic carbocycles. The quantitative estimate of drug-likeness (QED) is 0.557. The fraction of sp³-hybridized carbons (Fsp3) is 0.440. The highest BCUT2D eigenvalue weighted by Crippen LogP contribution is 2.32. The van der Waals surface area contributed by atoms with Crippen LogP contribution in [0.4, 0.5) is 5.69 Å². The molecule has 0 bridgehead atoms. The van der Waals surface area contributed by atoms with Gasteiger partial charge in [-0.3, -0.25) is 4.79 Å². The Morgan fingerprint density at radius 1 is 1.24 bits per heavy atom. The zero-order valence-electron chi connectivity index (χ0n) is 19.1. The van der Waals surface area contributed by atoms with Crippen LogP contribution in [0.1, 0.15) is 31.4 Å². The van der Waals surface area contributed by atoms with Crippen molar-refractivity contribution in [2.75, 3.05) is 37.7 Å². The average Bonchev–Trinajstić information content (AvgIpc) is 3.53. The fourth-order valence-corrected chi connectivity index (χ4v) is 5.71. The summed E-state index contributed by atoms with van der Waals surface area (Å²) >= 11 is 12.6. The number of halogens is 2. The molecule has 2 aliphatic heterocycles. The number of anilines is 1. The summed E-state index contributed by atoms with van der Waals surface area (Å²) in [6.07, 6.45) is 3.73. The van der Waals surface area contributed by atoms with Gasteiger partial charge in [0.2, 0.25) is 5.91 Å². The van der Waals surface area contributed by atoms with Crippen LogP contribution in [0.2, 0.25) is 10.0 Å². The molecular weight excluding hydrogens is 473 g/mol. The molecule has 2 N–H and O–H groups in total. The first kappa shape index (κ1) is 23.4. The van der Waals surface area contributed by atoms with Crippen molar-refractivity contribution >= 4 is 45.8 Å². The molecule has 2 fully saturated rings. The molecule has 3 aromatic rings. The number of hydrogen-bond donors (Lipinski definition) is 2. The molecule has 9 heteroatoms. The van der Waals surface area contributed by atoms with Crippen LogP contribution in [0, 0.1) is 0 Å². The summed E-state index contributed by atoms with van der Waals surface area (Å²) < 4.78 is 2.11. The number of nitrogens with one attached hydrogen (secondary N) is 1. The van der Waals surface area contributed by atoms with Crippen molar-refractivity contribution in [2.45, 2.75) is 37.9 Å². The molecule has 2 saturated heterocycles. The van der Waals surface area contributed by atoms with Gasteiger partial charge >= 0.3 is 0 Å². The van der Waals surface area contributed by atoms with Gasteiger partial charge in [0.25, 0.3) is 0 Å². The van der Waals surface area contributed by atoms with Gasteiger partial charge in [-0.25, -0.2) is 4.98 Å². The number of nitrogens with zero attached hydrogens (tertiary/aromatic N) is 4. The third-order valence-electron chi connectivity index (χ3n) is 7.09. The number of amides is 1. The van der Waals surface area contributed by atoms with Gasteiger partial charge in [0.05, 0.1) is 42.1 Å². The van der Waals surface area contributed by atoms with Crippen LogP contribution in [0.3, 0.4) is 0 Å². The number of aliphatic hydroxyl groups excluding tert-OH is 1. The van der Waals surface area contributed by atoms with Crippen LogP contribution in [-0.2, 0) is 4.79 Å². The molecule has 1 aromatic heterocycles. The molecule has 0 saturated carbocycles. The molecule has 0 aliphatic carbocycles. The first-order valence-corrected chi connectivity index (χ1v) is 12.5. The number of aliphatic hydroxyl groups is 1. The Morgan fingerprint density at radius 3 is 2.82 bits per heavy atom. The van der Waals surface area contributed by atoms with Gasteiger partial charge in [0, 0.05) is 35.4 Å². The Balaban J connectivity index is 1.39. The minimum Gasteiger partial charge on any atom is -0.394 e. The van der Waals surface area contributed by atoms with Crippen molar-refractivity contribution in [2.24, 2.45) is 0 Å². The molecule has 7 nitrogen and oxygen atoms in total. The number of carbonyl (C=O) groups is 1. The van der Waals surface area contributed by atoms with Crippen molar-refractivity contribution in [3.63, 3.8) is 0 Å². The van der Waals surface area contributed by atoms with E-state index >= 15 is 0 Å². The van der Waals surface area contributed by atoms with Gasteiger partial charge in [-0.1, -0.05) is 29.3 Å². The fourth-order valence-electron chi connectivity index (χ4n) is 5.14. The summed E-state index contributed by atoms with van der Waals surface area (Å²) in [7, 11) is 0. The van der Waals surface area contributed by atoms with E-state index in [1.165, 1.54) is 0 Å². The topological polar surface area (TPSA) is 73.6 Å². The minimum absolute atomic E-state index is 0.0245. The minimum atomic E-state index is -0.226. The molecule has 3 heterocycles. The summed E-state index contributed by atoms with van der Waals surface area (Å²) in [5, 5.41) is 14.6. The van der Waals surface area contributed by atoms with E-state index in [-0.39, 0.29) is 30.6 Å². The maximum atomic E-state index is 13.0. The molecule has 2 aliphatic rings. The van der Waals surface area contributed by atoms with E-state index in [4.69, 9.17) is 23.2 Å². The Kier molecular flexibility index (Phi) is 6.71. The molecule has 0 spiro atoms. The number of fused-ring (bicyclic) bond motifs is 1. The lowest BCUT2D eigenvalue weighted by atomic mass is 10.1. The molecule has 5 rings (SSSR count). The standard InChI is InChI=1S/C25H29Cl2N5O2/c1-16(20-6-4-17(26)11-21(20)27)32-15-29-22-7-5-18(12-24(22)32)30-9-10-31(19(13-30)14-33)25(34)23-3-2-8-28-23/h4-7,11-12,15-16,19,23,28,33H,2-3,8-10,13-14H2,1H3/t16?,19-,23?/m0/s1. The number of benzene rings is 2. The number of hydrogen-bond acceptors (Lipinski definition) is 5. The van der Waals surface area contributed by atoms with Crippen molar-refractivity contribution in [3.05, 3.63) is 58.3 Å². The second kappa shape index (κ2) is 9.74. The summed E-state index contributed by atoms with van der Waals surface area (Å²) in [6.45, 7) is 4.82. The SMILES string of the molecule is CC(c1ccc(Cl)cc1Cl)n1cnc2ccc(N3CCN(C(=O)C4CCCN4)[C@H](CO)C3)cc21. The summed E-state index contributed by atoms with van der Waals surface area (Å²) in [5.74, 6) is 0.110. The van der Waals surface area contributed by atoms with Crippen molar-refractivity contribution < 1.29 is 9.90 Å². The summed E-state index contributed by atoms with van der Waals surface area (Å²) in [4.78, 5) is 21.6. The van der Waals surface area contributed by atoms with Crippen LogP contribution >= 0.6 is 23.2 Å². The van der Waals surface area contributed by atoms with Gasteiger partial charge in [0.1, 0.15) is 0 Å². The predicted molar refractivity (Wildman–Crippen MR) is 136 cm³/mol. The van der Waals surface area contributed by atoms with Crippen LogP contribution in [0.5, 0.6) is 0 Å². The van der Waals surface area contributed by atoms with E-state index in [0.29, 0.717) is 29.7 Å². The van der Waals surface area contributed by atoms with E-state index in [1.807, 2.05) is 29.4 Å². The first-order chi connectivity index (χ1) is 16.5. The number of rotatable bonds is 5. The van der Waals surface area contributed by atoms with E-state index < -0.39 is 0 Å². The van der Waals surface area contributed by atoms with E-state index in [0.717, 1.165) is 41.7 Å². The third kappa shape index (κ3) is 4.38. The smallest absolute Gasteiger partial charge is 0.240 e.